The SMILES string of the molecule is C#CCn1c(CCN)nc2cc(F)ccc21. The van der Waals surface area contributed by atoms with E-state index in [0.717, 1.165) is 11.3 Å². The van der Waals surface area contributed by atoms with Crippen molar-refractivity contribution in [3.8, 4) is 12.3 Å². The van der Waals surface area contributed by atoms with Crippen molar-refractivity contribution < 1.29 is 4.39 Å². The minimum atomic E-state index is -0.294. The minimum Gasteiger partial charge on any atom is -0.330 e. The fraction of sp³-hybridized carbons (Fsp3) is 0.250. The average molecular weight is 217 g/mol. The van der Waals surface area contributed by atoms with Crippen LogP contribution in [0.25, 0.3) is 11.0 Å². The summed E-state index contributed by atoms with van der Waals surface area (Å²) in [5.74, 6) is 3.08. The minimum absolute atomic E-state index is 0.294. The van der Waals surface area contributed by atoms with Crippen LogP contribution in [0.5, 0.6) is 0 Å². The molecule has 3 nitrogen and oxygen atoms in total. The van der Waals surface area contributed by atoms with E-state index in [1.807, 2.05) is 4.57 Å². The third-order valence-electron chi connectivity index (χ3n) is 2.41. The van der Waals surface area contributed by atoms with Gasteiger partial charge in [0.15, 0.2) is 0 Å². The number of nitrogens with zero attached hydrogens (tertiary/aromatic N) is 2. The molecule has 0 amide bonds. The molecule has 0 aliphatic heterocycles. The fourth-order valence-corrected chi connectivity index (χ4v) is 1.74. The van der Waals surface area contributed by atoms with Crippen LogP contribution in [-0.4, -0.2) is 16.1 Å². The van der Waals surface area contributed by atoms with Crippen LogP contribution in [-0.2, 0) is 13.0 Å². The van der Waals surface area contributed by atoms with Gasteiger partial charge in [0.25, 0.3) is 0 Å². The Balaban J connectivity index is 2.61. The highest BCUT2D eigenvalue weighted by Crippen LogP contribution is 2.17. The van der Waals surface area contributed by atoms with E-state index in [4.69, 9.17) is 12.2 Å². The highest BCUT2D eigenvalue weighted by Gasteiger charge is 2.09. The predicted molar refractivity (Wildman–Crippen MR) is 61.3 cm³/mol. The molecule has 0 fully saturated rings. The molecule has 0 bridgehead atoms. The van der Waals surface area contributed by atoms with E-state index in [-0.39, 0.29) is 5.82 Å². The molecular formula is C12H12FN3. The lowest BCUT2D eigenvalue weighted by atomic mass is 10.3. The lowest BCUT2D eigenvalue weighted by Crippen LogP contribution is -2.09. The van der Waals surface area contributed by atoms with Crippen molar-refractivity contribution in [2.24, 2.45) is 5.73 Å². The molecule has 0 aliphatic rings. The van der Waals surface area contributed by atoms with Crippen LogP contribution >= 0.6 is 0 Å². The van der Waals surface area contributed by atoms with Gasteiger partial charge in [0.05, 0.1) is 17.6 Å². The topological polar surface area (TPSA) is 43.8 Å². The van der Waals surface area contributed by atoms with Gasteiger partial charge in [-0.1, -0.05) is 5.92 Å². The monoisotopic (exact) mass is 217 g/mol. The zero-order chi connectivity index (χ0) is 11.5. The quantitative estimate of drug-likeness (QED) is 0.788. The Hall–Kier alpha value is -1.86. The lowest BCUT2D eigenvalue weighted by molar-refractivity contribution is 0.629. The van der Waals surface area contributed by atoms with Crippen molar-refractivity contribution in [2.45, 2.75) is 13.0 Å². The molecule has 16 heavy (non-hydrogen) atoms. The van der Waals surface area contributed by atoms with Gasteiger partial charge in [0.1, 0.15) is 11.6 Å². The molecule has 0 spiro atoms. The molecule has 2 N–H and O–H groups in total. The van der Waals surface area contributed by atoms with Crippen molar-refractivity contribution in [1.29, 1.82) is 0 Å². The maximum absolute atomic E-state index is 13.0. The van der Waals surface area contributed by atoms with Crippen molar-refractivity contribution in [3.05, 3.63) is 29.8 Å². The maximum atomic E-state index is 13.0. The molecule has 0 unspecified atom stereocenters. The van der Waals surface area contributed by atoms with Crippen molar-refractivity contribution in [1.82, 2.24) is 9.55 Å². The van der Waals surface area contributed by atoms with Crippen LogP contribution < -0.4 is 5.73 Å². The van der Waals surface area contributed by atoms with Gasteiger partial charge < -0.3 is 10.3 Å². The number of rotatable bonds is 3. The van der Waals surface area contributed by atoms with Gasteiger partial charge in [-0.25, -0.2) is 9.37 Å². The smallest absolute Gasteiger partial charge is 0.125 e. The highest BCUT2D eigenvalue weighted by atomic mass is 19.1. The zero-order valence-electron chi connectivity index (χ0n) is 8.78. The highest BCUT2D eigenvalue weighted by molar-refractivity contribution is 5.76. The first-order valence-corrected chi connectivity index (χ1v) is 5.04. The summed E-state index contributed by atoms with van der Waals surface area (Å²) in [6.45, 7) is 0.924. The van der Waals surface area contributed by atoms with E-state index in [1.54, 1.807) is 6.07 Å². The summed E-state index contributed by atoms with van der Waals surface area (Å²) in [7, 11) is 0. The van der Waals surface area contributed by atoms with Gasteiger partial charge in [-0.3, -0.25) is 0 Å². The van der Waals surface area contributed by atoms with E-state index in [2.05, 4.69) is 10.9 Å². The summed E-state index contributed by atoms with van der Waals surface area (Å²) in [5, 5.41) is 0. The molecule has 82 valence electrons. The lowest BCUT2D eigenvalue weighted by Gasteiger charge is -2.03. The predicted octanol–water partition coefficient (Wildman–Crippen LogP) is 1.31. The van der Waals surface area contributed by atoms with E-state index in [1.165, 1.54) is 12.1 Å². The molecule has 2 aromatic rings. The number of imidazole rings is 1. The Labute approximate surface area is 93.1 Å². The largest absolute Gasteiger partial charge is 0.330 e. The summed E-state index contributed by atoms with van der Waals surface area (Å²) >= 11 is 0. The molecule has 0 saturated carbocycles. The van der Waals surface area contributed by atoms with E-state index in [9.17, 15) is 4.39 Å². The maximum Gasteiger partial charge on any atom is 0.125 e. The van der Waals surface area contributed by atoms with E-state index in [0.29, 0.717) is 25.0 Å². The molecule has 0 atom stereocenters. The summed E-state index contributed by atoms with van der Waals surface area (Å²) in [4.78, 5) is 4.33. The van der Waals surface area contributed by atoms with Crippen LogP contribution in [0.4, 0.5) is 4.39 Å². The van der Waals surface area contributed by atoms with Crippen LogP contribution in [0.1, 0.15) is 5.82 Å². The molecule has 0 radical (unpaired) electrons. The second-order valence-corrected chi connectivity index (χ2v) is 3.49. The van der Waals surface area contributed by atoms with Gasteiger partial charge in [-0.15, -0.1) is 6.42 Å². The van der Waals surface area contributed by atoms with Crippen LogP contribution in [0.15, 0.2) is 18.2 Å². The number of halogens is 1. The van der Waals surface area contributed by atoms with Crippen LogP contribution in [0, 0.1) is 18.2 Å². The summed E-state index contributed by atoms with van der Waals surface area (Å²) in [5.41, 5.74) is 6.97. The first kappa shape index (κ1) is 10.7. The number of hydrogen-bond acceptors (Lipinski definition) is 2. The number of nitrogens with two attached hydrogens (primary N) is 1. The molecular weight excluding hydrogens is 205 g/mol. The van der Waals surface area contributed by atoms with Crippen molar-refractivity contribution >= 4 is 11.0 Å². The van der Waals surface area contributed by atoms with Crippen LogP contribution in [0.3, 0.4) is 0 Å². The Bertz CT molecular complexity index is 551. The van der Waals surface area contributed by atoms with Crippen LogP contribution in [0.2, 0.25) is 0 Å². The summed E-state index contributed by atoms with van der Waals surface area (Å²) in [6.07, 6.45) is 5.94. The number of hydrogen-bond donors (Lipinski definition) is 1. The first-order chi connectivity index (χ1) is 7.76. The normalized spacial score (nSPS) is 10.6. The third-order valence-corrected chi connectivity index (χ3v) is 2.41. The summed E-state index contributed by atoms with van der Waals surface area (Å²) in [6, 6.07) is 4.50. The van der Waals surface area contributed by atoms with Gasteiger partial charge in [-0.05, 0) is 18.7 Å². The number of benzene rings is 1. The molecule has 4 heteroatoms. The molecule has 2 rings (SSSR count). The molecule has 1 aromatic heterocycles. The summed E-state index contributed by atoms with van der Waals surface area (Å²) < 4.78 is 14.9. The second kappa shape index (κ2) is 4.33. The average Bonchev–Trinajstić information content (AvgIpc) is 2.57. The number of fused-ring (bicyclic) bond motifs is 1. The Kier molecular flexibility index (Phi) is 2.88. The molecule has 1 heterocycles. The van der Waals surface area contributed by atoms with E-state index >= 15 is 0 Å². The van der Waals surface area contributed by atoms with Gasteiger partial charge >= 0.3 is 0 Å². The fourth-order valence-electron chi connectivity index (χ4n) is 1.74. The van der Waals surface area contributed by atoms with Gasteiger partial charge in [0.2, 0.25) is 0 Å². The second-order valence-electron chi connectivity index (χ2n) is 3.49. The molecule has 0 aliphatic carbocycles. The zero-order valence-corrected chi connectivity index (χ0v) is 8.78. The van der Waals surface area contributed by atoms with Gasteiger partial charge in [0, 0.05) is 12.5 Å². The standard InChI is InChI=1S/C12H12FN3/c1-2-7-16-11-4-3-9(13)8-10(11)15-12(16)5-6-14/h1,3-4,8H,5-7,14H2. The number of aromatic nitrogens is 2. The Morgan fingerprint density at radius 3 is 3.00 bits per heavy atom. The molecule has 1 aromatic carbocycles. The van der Waals surface area contributed by atoms with Crippen molar-refractivity contribution in [3.63, 3.8) is 0 Å². The number of terminal acetylenes is 1. The van der Waals surface area contributed by atoms with Crippen molar-refractivity contribution in [2.75, 3.05) is 6.54 Å². The van der Waals surface area contributed by atoms with E-state index < -0.39 is 0 Å². The molecule has 0 saturated heterocycles. The Morgan fingerprint density at radius 1 is 1.50 bits per heavy atom. The Morgan fingerprint density at radius 2 is 2.31 bits per heavy atom. The van der Waals surface area contributed by atoms with Gasteiger partial charge in [-0.2, -0.15) is 0 Å². The first-order valence-electron chi connectivity index (χ1n) is 5.04. The third kappa shape index (κ3) is 1.77.